The van der Waals surface area contributed by atoms with Gasteiger partial charge in [-0.15, -0.1) is 0 Å². The van der Waals surface area contributed by atoms with Gasteiger partial charge in [0.15, 0.2) is 11.5 Å². The highest BCUT2D eigenvalue weighted by atomic mass is 35.5. The summed E-state index contributed by atoms with van der Waals surface area (Å²) in [5.74, 6) is 0.826. The summed E-state index contributed by atoms with van der Waals surface area (Å²) >= 11 is 5.72. The normalized spacial score (nSPS) is 14.8. The zero-order valence-corrected chi connectivity index (χ0v) is 15.1. The first-order chi connectivity index (χ1) is 12.6. The van der Waals surface area contributed by atoms with Crippen LogP contribution in [0.4, 0.5) is 14.9 Å². The predicted molar refractivity (Wildman–Crippen MR) is 98.6 cm³/mol. The largest absolute Gasteiger partial charge is 0.493 e. The number of methoxy groups -OCH3 is 1. The molecule has 2 aromatic rings. The average Bonchev–Trinajstić information content (AvgIpc) is 2.65. The van der Waals surface area contributed by atoms with Crippen molar-refractivity contribution in [1.29, 1.82) is 0 Å². The lowest BCUT2D eigenvalue weighted by atomic mass is 10.1. The number of likely N-dealkylation sites (tertiary alicyclic amines) is 1. The molecule has 2 amide bonds. The van der Waals surface area contributed by atoms with Crippen LogP contribution >= 0.6 is 11.6 Å². The molecule has 138 valence electrons. The van der Waals surface area contributed by atoms with Gasteiger partial charge >= 0.3 is 6.03 Å². The topological polar surface area (TPSA) is 50.8 Å². The number of urea groups is 1. The molecule has 1 aliphatic heterocycles. The second-order valence-corrected chi connectivity index (χ2v) is 6.45. The standard InChI is InChI=1S/C19H20ClFN2O3/c1-25-17-4-2-3-5-18(17)26-14-8-10-23(11-9-14)19(24)22-16-7-6-13(20)12-15(16)21/h2-7,12,14H,8-11H2,1H3,(H,22,24). The molecule has 0 unspecified atom stereocenters. The Morgan fingerprint density at radius 3 is 2.54 bits per heavy atom. The molecule has 3 rings (SSSR count). The van der Waals surface area contributed by atoms with Gasteiger partial charge in [-0.05, 0) is 30.3 Å². The third-order valence-electron chi connectivity index (χ3n) is 4.26. The molecule has 5 nitrogen and oxygen atoms in total. The second kappa shape index (κ2) is 8.27. The first-order valence-electron chi connectivity index (χ1n) is 8.37. The van der Waals surface area contributed by atoms with Gasteiger partial charge in [-0.1, -0.05) is 23.7 Å². The van der Waals surface area contributed by atoms with Crippen LogP contribution in [0, 0.1) is 5.82 Å². The molecular weight excluding hydrogens is 359 g/mol. The molecule has 2 aromatic carbocycles. The number of hydrogen-bond acceptors (Lipinski definition) is 3. The fourth-order valence-electron chi connectivity index (χ4n) is 2.86. The lowest BCUT2D eigenvalue weighted by Crippen LogP contribution is -2.43. The Bertz CT molecular complexity index is 779. The number of carbonyl (C=O) groups is 1. The number of benzene rings is 2. The van der Waals surface area contributed by atoms with E-state index in [1.165, 1.54) is 18.2 Å². The number of nitrogens with one attached hydrogen (secondary N) is 1. The number of hydrogen-bond donors (Lipinski definition) is 1. The van der Waals surface area contributed by atoms with Crippen LogP contribution in [-0.4, -0.2) is 37.2 Å². The summed E-state index contributed by atoms with van der Waals surface area (Å²) in [5, 5.41) is 2.87. The summed E-state index contributed by atoms with van der Waals surface area (Å²) in [7, 11) is 1.60. The highest BCUT2D eigenvalue weighted by molar-refractivity contribution is 6.30. The van der Waals surface area contributed by atoms with Crippen LogP contribution in [0.25, 0.3) is 0 Å². The van der Waals surface area contributed by atoms with E-state index in [-0.39, 0.29) is 22.8 Å². The molecule has 1 N–H and O–H groups in total. The molecule has 7 heteroatoms. The number of anilines is 1. The van der Waals surface area contributed by atoms with Crippen molar-refractivity contribution >= 4 is 23.3 Å². The number of carbonyl (C=O) groups excluding carboxylic acids is 1. The Hall–Kier alpha value is -2.47. The minimum atomic E-state index is -0.555. The second-order valence-electron chi connectivity index (χ2n) is 6.01. The van der Waals surface area contributed by atoms with Crippen LogP contribution in [0.15, 0.2) is 42.5 Å². The van der Waals surface area contributed by atoms with Crippen LogP contribution < -0.4 is 14.8 Å². The number of ether oxygens (including phenoxy) is 2. The van der Waals surface area contributed by atoms with E-state index in [0.717, 1.165) is 0 Å². The Balaban J connectivity index is 1.54. The molecule has 0 bridgehead atoms. The molecule has 1 saturated heterocycles. The third kappa shape index (κ3) is 4.38. The van der Waals surface area contributed by atoms with Gasteiger partial charge in [-0.2, -0.15) is 0 Å². The molecule has 1 fully saturated rings. The van der Waals surface area contributed by atoms with Crippen molar-refractivity contribution in [3.8, 4) is 11.5 Å². The van der Waals surface area contributed by atoms with E-state index in [4.69, 9.17) is 21.1 Å². The van der Waals surface area contributed by atoms with E-state index in [1.807, 2.05) is 24.3 Å². The molecule has 0 saturated carbocycles. The monoisotopic (exact) mass is 378 g/mol. The molecule has 0 aromatic heterocycles. The van der Waals surface area contributed by atoms with Gasteiger partial charge in [0.2, 0.25) is 0 Å². The molecule has 0 atom stereocenters. The van der Waals surface area contributed by atoms with Crippen molar-refractivity contribution < 1.29 is 18.7 Å². The number of nitrogens with zero attached hydrogens (tertiary/aromatic N) is 1. The van der Waals surface area contributed by atoms with Crippen molar-refractivity contribution in [2.75, 3.05) is 25.5 Å². The maximum atomic E-state index is 13.8. The van der Waals surface area contributed by atoms with Gasteiger partial charge < -0.3 is 19.7 Å². The smallest absolute Gasteiger partial charge is 0.321 e. The summed E-state index contributed by atoms with van der Waals surface area (Å²) in [6.07, 6.45) is 1.38. The Morgan fingerprint density at radius 2 is 1.88 bits per heavy atom. The number of piperidine rings is 1. The fourth-order valence-corrected chi connectivity index (χ4v) is 3.02. The molecule has 1 aliphatic rings. The van der Waals surface area contributed by atoms with E-state index in [1.54, 1.807) is 12.0 Å². The first-order valence-corrected chi connectivity index (χ1v) is 8.75. The van der Waals surface area contributed by atoms with Crippen molar-refractivity contribution in [2.24, 2.45) is 0 Å². The van der Waals surface area contributed by atoms with E-state index in [0.29, 0.717) is 37.4 Å². The molecule has 0 radical (unpaired) electrons. The summed E-state index contributed by atoms with van der Waals surface area (Å²) in [6, 6.07) is 11.3. The maximum Gasteiger partial charge on any atom is 0.321 e. The summed E-state index contributed by atoms with van der Waals surface area (Å²) in [5.41, 5.74) is 0.117. The third-order valence-corrected chi connectivity index (χ3v) is 4.50. The van der Waals surface area contributed by atoms with Gasteiger partial charge in [0.25, 0.3) is 0 Å². The quantitative estimate of drug-likeness (QED) is 0.848. The van der Waals surface area contributed by atoms with Crippen molar-refractivity contribution in [1.82, 2.24) is 4.90 Å². The fraction of sp³-hybridized carbons (Fsp3) is 0.316. The maximum absolute atomic E-state index is 13.8. The summed E-state index contributed by atoms with van der Waals surface area (Å²) < 4.78 is 25.1. The molecule has 0 aliphatic carbocycles. The SMILES string of the molecule is COc1ccccc1OC1CCN(C(=O)Nc2ccc(Cl)cc2F)CC1. The first kappa shape index (κ1) is 18.3. The van der Waals surface area contributed by atoms with E-state index >= 15 is 0 Å². The van der Waals surface area contributed by atoms with Crippen LogP contribution in [0.3, 0.4) is 0 Å². The van der Waals surface area contributed by atoms with E-state index < -0.39 is 5.82 Å². The highest BCUT2D eigenvalue weighted by Crippen LogP contribution is 2.29. The van der Waals surface area contributed by atoms with Crippen molar-refractivity contribution in [3.05, 3.63) is 53.3 Å². The van der Waals surface area contributed by atoms with Crippen LogP contribution in [0.2, 0.25) is 5.02 Å². The van der Waals surface area contributed by atoms with Gasteiger partial charge in [0.1, 0.15) is 11.9 Å². The van der Waals surface area contributed by atoms with E-state index in [2.05, 4.69) is 5.32 Å². The lowest BCUT2D eigenvalue weighted by Gasteiger charge is -2.32. The highest BCUT2D eigenvalue weighted by Gasteiger charge is 2.25. The number of halogens is 2. The van der Waals surface area contributed by atoms with Gasteiger partial charge in [0.05, 0.1) is 12.8 Å². The molecule has 1 heterocycles. The Kier molecular flexibility index (Phi) is 5.83. The van der Waals surface area contributed by atoms with Crippen LogP contribution in [0.1, 0.15) is 12.8 Å². The zero-order chi connectivity index (χ0) is 18.5. The van der Waals surface area contributed by atoms with Gasteiger partial charge in [-0.3, -0.25) is 0 Å². The molecular formula is C19H20ClFN2O3. The predicted octanol–water partition coefficient (Wildman–Crippen LogP) is 4.56. The number of amides is 2. The minimum absolute atomic E-state index is 0.00242. The van der Waals surface area contributed by atoms with E-state index in [9.17, 15) is 9.18 Å². The van der Waals surface area contributed by atoms with Gasteiger partial charge in [0, 0.05) is 31.0 Å². The van der Waals surface area contributed by atoms with Crippen LogP contribution in [0.5, 0.6) is 11.5 Å². The van der Waals surface area contributed by atoms with Crippen molar-refractivity contribution in [3.63, 3.8) is 0 Å². The number of rotatable bonds is 4. The summed E-state index contributed by atoms with van der Waals surface area (Å²) in [4.78, 5) is 14.0. The molecule has 0 spiro atoms. The summed E-state index contributed by atoms with van der Waals surface area (Å²) in [6.45, 7) is 1.06. The average molecular weight is 379 g/mol. The molecule has 26 heavy (non-hydrogen) atoms. The Labute approximate surface area is 156 Å². The van der Waals surface area contributed by atoms with Gasteiger partial charge in [-0.25, -0.2) is 9.18 Å². The number of para-hydroxylation sites is 2. The lowest BCUT2D eigenvalue weighted by molar-refractivity contribution is 0.112. The van der Waals surface area contributed by atoms with Crippen molar-refractivity contribution in [2.45, 2.75) is 18.9 Å². The van der Waals surface area contributed by atoms with Crippen LogP contribution in [-0.2, 0) is 0 Å². The minimum Gasteiger partial charge on any atom is -0.493 e. The zero-order valence-electron chi connectivity index (χ0n) is 14.4. The Morgan fingerprint density at radius 1 is 1.19 bits per heavy atom.